The molecule has 2 bridgehead atoms. The maximum absolute atomic E-state index is 11.9. The van der Waals surface area contributed by atoms with Crippen LogP contribution >= 0.6 is 22.7 Å². The fourth-order valence-corrected chi connectivity index (χ4v) is 7.24. The molecule has 2 saturated heterocycles. The minimum absolute atomic E-state index is 0.624. The molecule has 2 aromatic heterocycles. The van der Waals surface area contributed by atoms with Gasteiger partial charge >= 0.3 is 0 Å². The molecule has 2 nitrogen and oxygen atoms in total. The first-order valence-corrected chi connectivity index (χ1v) is 11.1. The molecule has 2 aromatic rings. The fraction of sp³-hybridized carbons (Fsp3) is 0.619. The number of nitrogens with zero attached hydrogens (tertiary/aromatic N) is 1. The van der Waals surface area contributed by atoms with E-state index in [4.69, 9.17) is 0 Å². The monoisotopic (exact) mass is 376 g/mol. The predicted octanol–water partition coefficient (Wildman–Crippen LogP) is 5.07. The molecular formula is C21H30NOS2+. The Labute approximate surface area is 159 Å². The molecule has 1 N–H and O–H groups in total. The number of aryl methyl sites for hydroxylation is 2. The van der Waals surface area contributed by atoms with Gasteiger partial charge in [0, 0.05) is 45.2 Å². The minimum atomic E-state index is -0.809. The maximum Gasteiger partial charge on any atom is 0.133 e. The van der Waals surface area contributed by atoms with Crippen LogP contribution in [0.3, 0.4) is 0 Å². The van der Waals surface area contributed by atoms with Crippen molar-refractivity contribution < 1.29 is 9.59 Å². The Bertz CT molecular complexity index is 703. The molecule has 2 aliphatic rings. The van der Waals surface area contributed by atoms with Crippen molar-refractivity contribution in [1.82, 2.24) is 0 Å². The summed E-state index contributed by atoms with van der Waals surface area (Å²) < 4.78 is 1.20. The highest BCUT2D eigenvalue weighted by Crippen LogP contribution is 2.49. The average molecular weight is 377 g/mol. The smallest absolute Gasteiger partial charge is 0.133 e. The van der Waals surface area contributed by atoms with Crippen LogP contribution in [0.2, 0.25) is 0 Å². The number of thiophene rings is 2. The number of fused-ring (bicyclic) bond motifs is 2. The van der Waals surface area contributed by atoms with Crippen LogP contribution in [0.1, 0.15) is 51.6 Å². The van der Waals surface area contributed by atoms with Gasteiger partial charge in [0.1, 0.15) is 5.60 Å². The van der Waals surface area contributed by atoms with E-state index < -0.39 is 5.60 Å². The van der Waals surface area contributed by atoms with E-state index in [0.717, 1.165) is 28.3 Å². The Balaban J connectivity index is 1.64. The zero-order chi connectivity index (χ0) is 17.8. The first-order valence-electron chi connectivity index (χ1n) is 9.48. The van der Waals surface area contributed by atoms with Gasteiger partial charge in [-0.2, -0.15) is 0 Å². The second kappa shape index (κ2) is 6.19. The van der Waals surface area contributed by atoms with Crippen molar-refractivity contribution in [3.8, 4) is 0 Å². The van der Waals surface area contributed by atoms with Crippen LogP contribution < -0.4 is 0 Å². The number of rotatable bonds is 4. The standard InChI is InChI=1S/C21H30NOS2/c1-14-5-9-19(24-14)21(23,20-10-6-15(2)25-20)13-16-11-17-7-8-18(12-16)22(17,3)4/h5-6,9-10,16-18,23H,7-8,11-13H2,1-4H3/q+1. The Kier molecular flexibility index (Phi) is 4.39. The van der Waals surface area contributed by atoms with E-state index in [1.54, 1.807) is 22.7 Å². The molecule has 136 valence electrons. The van der Waals surface area contributed by atoms with Crippen molar-refractivity contribution in [2.24, 2.45) is 5.92 Å². The Morgan fingerprint density at radius 2 is 1.44 bits per heavy atom. The van der Waals surface area contributed by atoms with E-state index in [2.05, 4.69) is 52.2 Å². The summed E-state index contributed by atoms with van der Waals surface area (Å²) in [6.07, 6.45) is 6.13. The van der Waals surface area contributed by atoms with E-state index in [9.17, 15) is 5.11 Å². The highest BCUT2D eigenvalue weighted by molar-refractivity contribution is 7.13. The largest absolute Gasteiger partial charge is 0.379 e. The van der Waals surface area contributed by atoms with Gasteiger partial charge in [0.2, 0.25) is 0 Å². The molecular weight excluding hydrogens is 346 g/mol. The Morgan fingerprint density at radius 1 is 0.960 bits per heavy atom. The first-order chi connectivity index (χ1) is 11.8. The average Bonchev–Trinajstić information content (AvgIpc) is 3.18. The van der Waals surface area contributed by atoms with E-state index in [1.165, 1.54) is 39.9 Å². The highest BCUT2D eigenvalue weighted by Gasteiger charge is 2.50. The SMILES string of the molecule is Cc1ccc(C(O)(CC2CC3CCC(C2)[N+]3(C)C)c2ccc(C)s2)s1. The van der Waals surface area contributed by atoms with Crippen LogP contribution in [0.5, 0.6) is 0 Å². The number of hydrogen-bond acceptors (Lipinski definition) is 3. The first kappa shape index (κ1) is 17.7. The summed E-state index contributed by atoms with van der Waals surface area (Å²) in [5, 5.41) is 11.9. The number of quaternary nitrogens is 1. The molecule has 0 aromatic carbocycles. The summed E-state index contributed by atoms with van der Waals surface area (Å²) >= 11 is 3.51. The van der Waals surface area contributed by atoms with Gasteiger partial charge < -0.3 is 9.59 Å². The molecule has 4 heteroatoms. The van der Waals surface area contributed by atoms with Crippen LogP contribution in [-0.4, -0.2) is 35.8 Å². The van der Waals surface area contributed by atoms with Crippen LogP contribution in [0, 0.1) is 19.8 Å². The summed E-state index contributed by atoms with van der Waals surface area (Å²) in [6, 6.07) is 10.1. The van der Waals surface area contributed by atoms with E-state index in [-0.39, 0.29) is 0 Å². The van der Waals surface area contributed by atoms with Gasteiger partial charge in [0.25, 0.3) is 0 Å². The fourth-order valence-electron chi connectivity index (χ4n) is 5.21. The van der Waals surface area contributed by atoms with Gasteiger partial charge in [-0.1, -0.05) is 0 Å². The lowest BCUT2D eigenvalue weighted by Crippen LogP contribution is -2.55. The van der Waals surface area contributed by atoms with E-state index in [0.29, 0.717) is 5.92 Å². The topological polar surface area (TPSA) is 20.2 Å². The van der Waals surface area contributed by atoms with Gasteiger partial charge in [-0.05, 0) is 50.5 Å². The van der Waals surface area contributed by atoms with Crippen molar-refractivity contribution in [3.05, 3.63) is 43.8 Å². The van der Waals surface area contributed by atoms with E-state index in [1.807, 2.05) is 0 Å². The normalized spacial score (nSPS) is 28.4. The molecule has 25 heavy (non-hydrogen) atoms. The zero-order valence-electron chi connectivity index (χ0n) is 15.8. The lowest BCUT2D eigenvalue weighted by atomic mass is 9.79. The van der Waals surface area contributed by atoms with Gasteiger partial charge in [0.15, 0.2) is 0 Å². The molecule has 0 aliphatic carbocycles. The van der Waals surface area contributed by atoms with Crippen molar-refractivity contribution in [2.75, 3.05) is 14.1 Å². The lowest BCUT2D eigenvalue weighted by molar-refractivity contribution is -0.931. The molecule has 0 spiro atoms. The van der Waals surface area contributed by atoms with Crippen molar-refractivity contribution >= 4 is 22.7 Å². The van der Waals surface area contributed by atoms with Gasteiger partial charge in [-0.3, -0.25) is 0 Å². The number of hydrogen-bond donors (Lipinski definition) is 1. The molecule has 2 unspecified atom stereocenters. The third-order valence-corrected chi connectivity index (χ3v) is 9.11. The zero-order valence-corrected chi connectivity index (χ0v) is 17.4. The van der Waals surface area contributed by atoms with Crippen LogP contribution in [0.15, 0.2) is 24.3 Å². The maximum atomic E-state index is 11.9. The molecule has 0 amide bonds. The van der Waals surface area contributed by atoms with Gasteiger partial charge in [-0.25, -0.2) is 0 Å². The second-order valence-electron chi connectivity index (χ2n) is 8.74. The summed E-state index contributed by atoms with van der Waals surface area (Å²) in [5.41, 5.74) is -0.809. The minimum Gasteiger partial charge on any atom is -0.379 e. The highest BCUT2D eigenvalue weighted by atomic mass is 32.1. The van der Waals surface area contributed by atoms with Crippen LogP contribution in [0.4, 0.5) is 0 Å². The lowest BCUT2D eigenvalue weighted by Gasteiger charge is -2.45. The quantitative estimate of drug-likeness (QED) is 0.739. The third kappa shape index (κ3) is 3.01. The predicted molar refractivity (Wildman–Crippen MR) is 107 cm³/mol. The number of piperidine rings is 1. The molecule has 2 aliphatic heterocycles. The molecule has 0 saturated carbocycles. The Morgan fingerprint density at radius 3 is 1.84 bits per heavy atom. The Hall–Kier alpha value is -0.680. The van der Waals surface area contributed by atoms with Gasteiger partial charge in [0.05, 0.1) is 26.2 Å². The summed E-state index contributed by atoms with van der Waals surface area (Å²) in [5.74, 6) is 0.624. The van der Waals surface area contributed by atoms with Crippen LogP contribution in [0.25, 0.3) is 0 Å². The van der Waals surface area contributed by atoms with Crippen molar-refractivity contribution in [1.29, 1.82) is 0 Å². The molecule has 2 atom stereocenters. The summed E-state index contributed by atoms with van der Waals surface area (Å²) in [4.78, 5) is 4.81. The van der Waals surface area contributed by atoms with Crippen LogP contribution in [-0.2, 0) is 5.60 Å². The molecule has 0 radical (unpaired) electrons. The third-order valence-electron chi connectivity index (χ3n) is 6.81. The van der Waals surface area contributed by atoms with E-state index >= 15 is 0 Å². The van der Waals surface area contributed by atoms with Gasteiger partial charge in [-0.15, -0.1) is 22.7 Å². The summed E-state index contributed by atoms with van der Waals surface area (Å²) in [6.45, 7) is 4.27. The van der Waals surface area contributed by atoms with Crippen molar-refractivity contribution in [3.63, 3.8) is 0 Å². The van der Waals surface area contributed by atoms with Crippen molar-refractivity contribution in [2.45, 2.75) is 63.6 Å². The summed E-state index contributed by atoms with van der Waals surface area (Å²) in [7, 11) is 4.83. The molecule has 4 rings (SSSR count). The molecule has 4 heterocycles. The second-order valence-corrected chi connectivity index (χ2v) is 11.3. The molecule has 2 fully saturated rings. The number of aliphatic hydroxyl groups is 1.